The van der Waals surface area contributed by atoms with Gasteiger partial charge in [0.1, 0.15) is 0 Å². The number of halogens is 1. The van der Waals surface area contributed by atoms with Gasteiger partial charge in [0.15, 0.2) is 0 Å². The third-order valence-corrected chi connectivity index (χ3v) is 6.15. The lowest BCUT2D eigenvalue weighted by Crippen LogP contribution is -2.49. The molecule has 3 fully saturated rings. The number of aliphatic hydroxyl groups is 1. The summed E-state index contributed by atoms with van der Waals surface area (Å²) in [6.07, 6.45) is 3.04. The highest BCUT2D eigenvalue weighted by Crippen LogP contribution is 2.53. The zero-order valence-electron chi connectivity index (χ0n) is 13.1. The number of benzene rings is 1. The molecule has 1 unspecified atom stereocenters. The molecule has 3 aliphatic rings. The molecule has 2 heterocycles. The van der Waals surface area contributed by atoms with Crippen molar-refractivity contribution in [3.8, 4) is 0 Å². The number of carbonyl (C=O) groups is 1. The van der Waals surface area contributed by atoms with E-state index in [4.69, 9.17) is 16.3 Å². The second-order valence-corrected chi connectivity index (χ2v) is 7.71. The highest BCUT2D eigenvalue weighted by atomic mass is 35.5. The number of hydrogen-bond acceptors (Lipinski definition) is 3. The van der Waals surface area contributed by atoms with E-state index < -0.39 is 5.41 Å². The fraction of sp³-hybridized carbons (Fsp3) is 0.611. The second-order valence-electron chi connectivity index (χ2n) is 7.27. The number of nitrogens with zero attached hydrogens (tertiary/aromatic N) is 1. The average Bonchev–Trinajstić information content (AvgIpc) is 3.27. The van der Waals surface area contributed by atoms with E-state index in [1.807, 2.05) is 29.2 Å². The molecule has 4 nitrogen and oxygen atoms in total. The molecular weight excluding hydrogens is 314 g/mol. The van der Waals surface area contributed by atoms with Gasteiger partial charge in [0.05, 0.1) is 11.5 Å². The molecule has 2 saturated heterocycles. The van der Waals surface area contributed by atoms with Crippen molar-refractivity contribution in [2.75, 3.05) is 26.3 Å². The van der Waals surface area contributed by atoms with Gasteiger partial charge in [-0.15, -0.1) is 0 Å². The maximum absolute atomic E-state index is 13.4. The van der Waals surface area contributed by atoms with Gasteiger partial charge in [-0.1, -0.05) is 23.7 Å². The van der Waals surface area contributed by atoms with Crippen molar-refractivity contribution in [3.05, 3.63) is 34.9 Å². The summed E-state index contributed by atoms with van der Waals surface area (Å²) < 4.78 is 5.51. The molecule has 23 heavy (non-hydrogen) atoms. The van der Waals surface area contributed by atoms with Crippen molar-refractivity contribution in [3.63, 3.8) is 0 Å². The molecule has 1 N–H and O–H groups in total. The van der Waals surface area contributed by atoms with Crippen molar-refractivity contribution in [1.29, 1.82) is 0 Å². The van der Waals surface area contributed by atoms with E-state index >= 15 is 0 Å². The van der Waals surface area contributed by atoms with Crippen LogP contribution in [0.3, 0.4) is 0 Å². The van der Waals surface area contributed by atoms with Crippen molar-refractivity contribution in [2.24, 2.45) is 5.41 Å². The third kappa shape index (κ3) is 2.48. The average molecular weight is 336 g/mol. The van der Waals surface area contributed by atoms with Gasteiger partial charge >= 0.3 is 0 Å². The van der Waals surface area contributed by atoms with Crippen molar-refractivity contribution >= 4 is 17.5 Å². The molecule has 1 aromatic carbocycles. The highest BCUT2D eigenvalue weighted by molar-refractivity contribution is 6.30. The summed E-state index contributed by atoms with van der Waals surface area (Å²) in [4.78, 5) is 15.3. The largest absolute Gasteiger partial charge is 0.391 e. The van der Waals surface area contributed by atoms with E-state index in [0.29, 0.717) is 44.2 Å². The van der Waals surface area contributed by atoms with Crippen LogP contribution in [0.5, 0.6) is 0 Å². The molecule has 1 atom stereocenters. The van der Waals surface area contributed by atoms with Crippen LogP contribution in [0.25, 0.3) is 0 Å². The normalized spacial score (nSPS) is 28.1. The minimum Gasteiger partial charge on any atom is -0.391 e. The van der Waals surface area contributed by atoms with Crippen molar-refractivity contribution < 1.29 is 14.6 Å². The summed E-state index contributed by atoms with van der Waals surface area (Å²) in [6, 6.07) is 7.64. The second kappa shape index (κ2) is 5.47. The molecule has 4 rings (SSSR count). The van der Waals surface area contributed by atoms with Crippen molar-refractivity contribution in [2.45, 2.75) is 37.2 Å². The zero-order chi connectivity index (χ0) is 16.1. The van der Waals surface area contributed by atoms with Gasteiger partial charge in [-0.25, -0.2) is 0 Å². The van der Waals surface area contributed by atoms with Crippen molar-refractivity contribution in [1.82, 2.24) is 4.90 Å². The van der Waals surface area contributed by atoms with Crippen LogP contribution in [0.1, 0.15) is 31.2 Å². The molecule has 0 bridgehead atoms. The quantitative estimate of drug-likeness (QED) is 0.902. The fourth-order valence-corrected chi connectivity index (χ4v) is 4.38. The maximum atomic E-state index is 13.4. The highest BCUT2D eigenvalue weighted by Gasteiger charge is 2.57. The number of amides is 1. The van der Waals surface area contributed by atoms with E-state index in [9.17, 15) is 9.90 Å². The van der Waals surface area contributed by atoms with E-state index in [0.717, 1.165) is 18.4 Å². The Bertz CT molecular complexity index is 622. The Morgan fingerprint density at radius 1 is 1.26 bits per heavy atom. The first kappa shape index (κ1) is 15.4. The summed E-state index contributed by atoms with van der Waals surface area (Å²) in [5.74, 6) is 0.130. The Balaban J connectivity index is 1.67. The number of ether oxygens (including phenoxy) is 1. The van der Waals surface area contributed by atoms with Gasteiger partial charge in [0, 0.05) is 36.7 Å². The molecule has 1 amide bonds. The van der Waals surface area contributed by atoms with E-state index in [1.54, 1.807) is 0 Å². The Morgan fingerprint density at radius 2 is 2.00 bits per heavy atom. The molecule has 0 aromatic heterocycles. The lowest BCUT2D eigenvalue weighted by molar-refractivity contribution is -0.140. The van der Waals surface area contributed by atoms with Crippen LogP contribution in [0.4, 0.5) is 0 Å². The lowest BCUT2D eigenvalue weighted by atomic mass is 9.73. The van der Waals surface area contributed by atoms with Crippen LogP contribution in [-0.4, -0.2) is 48.3 Å². The van der Waals surface area contributed by atoms with E-state index in [-0.39, 0.29) is 17.4 Å². The first-order valence-corrected chi connectivity index (χ1v) is 8.75. The summed E-state index contributed by atoms with van der Waals surface area (Å²) in [5.41, 5.74) is 0.393. The Hall–Kier alpha value is -1.10. The van der Waals surface area contributed by atoms with Crippen LogP contribution in [-0.2, 0) is 14.9 Å². The Morgan fingerprint density at radius 3 is 2.61 bits per heavy atom. The molecule has 2 aliphatic heterocycles. The molecule has 124 valence electrons. The SMILES string of the molecule is O=C(N1CC(O)C2(CC2)C1)C1(c2cccc(Cl)c2)CCOCC1. The number of carbonyl (C=O) groups excluding carboxylic acids is 1. The van der Waals surface area contributed by atoms with Gasteiger partial charge in [0.2, 0.25) is 5.91 Å². The monoisotopic (exact) mass is 335 g/mol. The smallest absolute Gasteiger partial charge is 0.233 e. The summed E-state index contributed by atoms with van der Waals surface area (Å²) in [6.45, 7) is 2.32. The number of aliphatic hydroxyl groups excluding tert-OH is 1. The maximum Gasteiger partial charge on any atom is 0.233 e. The predicted molar refractivity (Wildman–Crippen MR) is 87.4 cm³/mol. The zero-order valence-corrected chi connectivity index (χ0v) is 13.9. The minimum absolute atomic E-state index is 0.0175. The lowest BCUT2D eigenvalue weighted by Gasteiger charge is -2.39. The number of β-amino-alcohol motifs (C(OH)–C–C–N with tert-alkyl or cyclic N) is 1. The van der Waals surface area contributed by atoms with Gasteiger partial charge in [-0.05, 0) is 43.4 Å². The predicted octanol–water partition coefficient (Wildman–Crippen LogP) is 2.37. The van der Waals surface area contributed by atoms with Gasteiger partial charge < -0.3 is 14.7 Å². The fourth-order valence-electron chi connectivity index (χ4n) is 4.19. The summed E-state index contributed by atoms with van der Waals surface area (Å²) in [5, 5.41) is 11.0. The standard InChI is InChI=1S/C18H22ClNO3/c19-14-3-1-2-13(10-14)18(6-8-23-9-7-18)16(22)20-11-15(21)17(12-20)4-5-17/h1-3,10,15,21H,4-9,11-12H2. The topological polar surface area (TPSA) is 49.8 Å². The van der Waals surface area contributed by atoms with Crippen LogP contribution >= 0.6 is 11.6 Å². The van der Waals surface area contributed by atoms with Crippen LogP contribution in [0.2, 0.25) is 5.02 Å². The molecular formula is C18H22ClNO3. The Kier molecular flexibility index (Phi) is 3.67. The Labute approximate surface area is 141 Å². The summed E-state index contributed by atoms with van der Waals surface area (Å²) in [7, 11) is 0. The van der Waals surface area contributed by atoms with E-state index in [2.05, 4.69) is 0 Å². The van der Waals surface area contributed by atoms with Gasteiger partial charge in [-0.3, -0.25) is 4.79 Å². The van der Waals surface area contributed by atoms with Crippen LogP contribution in [0.15, 0.2) is 24.3 Å². The molecule has 5 heteroatoms. The molecule has 1 saturated carbocycles. The number of rotatable bonds is 2. The van der Waals surface area contributed by atoms with E-state index in [1.165, 1.54) is 0 Å². The van der Waals surface area contributed by atoms with Gasteiger partial charge in [0.25, 0.3) is 0 Å². The first-order valence-electron chi connectivity index (χ1n) is 8.37. The number of hydrogen-bond donors (Lipinski definition) is 1. The first-order chi connectivity index (χ1) is 11.1. The molecule has 1 spiro atoms. The van der Waals surface area contributed by atoms with Crippen LogP contribution < -0.4 is 0 Å². The molecule has 1 aliphatic carbocycles. The van der Waals surface area contributed by atoms with Gasteiger partial charge in [-0.2, -0.15) is 0 Å². The summed E-state index contributed by atoms with van der Waals surface area (Å²) >= 11 is 6.17. The molecule has 0 radical (unpaired) electrons. The minimum atomic E-state index is -0.566. The molecule has 1 aromatic rings. The van der Waals surface area contributed by atoms with Crippen LogP contribution in [0, 0.1) is 5.41 Å². The number of likely N-dealkylation sites (tertiary alicyclic amines) is 1. The third-order valence-electron chi connectivity index (χ3n) is 5.92.